The molecule has 0 fully saturated rings. The second kappa shape index (κ2) is 9.73. The van der Waals surface area contributed by atoms with Crippen molar-refractivity contribution < 1.29 is 19.1 Å². The Labute approximate surface area is 180 Å². The number of benzene rings is 2. The van der Waals surface area contributed by atoms with Crippen LogP contribution in [0.15, 0.2) is 48.5 Å². The minimum Gasteiger partial charge on any atom is -0.467 e. The molecule has 1 aliphatic heterocycles. The third-order valence-corrected chi connectivity index (χ3v) is 5.34. The number of amides is 2. The summed E-state index contributed by atoms with van der Waals surface area (Å²) < 4.78 is 4.91. The molecular weight excluding hydrogens is 406 g/mol. The first-order chi connectivity index (χ1) is 14.4. The highest BCUT2D eigenvalue weighted by atomic mass is 35.5. The van der Waals surface area contributed by atoms with Crippen LogP contribution in [-0.2, 0) is 32.1 Å². The van der Waals surface area contributed by atoms with E-state index in [0.29, 0.717) is 23.7 Å². The van der Waals surface area contributed by atoms with E-state index >= 15 is 0 Å². The molecule has 7 nitrogen and oxygen atoms in total. The molecule has 0 bridgehead atoms. The number of esters is 1. The molecule has 0 aliphatic carbocycles. The Morgan fingerprint density at radius 3 is 2.47 bits per heavy atom. The Kier molecular flexibility index (Phi) is 7.07. The fourth-order valence-corrected chi connectivity index (χ4v) is 3.69. The van der Waals surface area contributed by atoms with Crippen LogP contribution < -0.4 is 5.32 Å². The monoisotopic (exact) mass is 429 g/mol. The highest BCUT2D eigenvalue weighted by molar-refractivity contribution is 6.33. The quantitative estimate of drug-likeness (QED) is 0.713. The number of para-hydroxylation sites is 1. The summed E-state index contributed by atoms with van der Waals surface area (Å²) in [7, 11) is 2.99. The standard InChI is InChI=1S/C22H24ClN3O4/c1-25(13-20(27)24-18-10-6-5-9-17(18)23)14-21(28)26-12-16-8-4-3-7-15(16)11-19(26)22(29)30-2/h3-10,19H,11-14H2,1-2H3,(H,24,27). The van der Waals surface area contributed by atoms with Crippen LogP contribution in [0.2, 0.25) is 5.02 Å². The number of carbonyl (C=O) groups is 3. The number of nitrogens with zero attached hydrogens (tertiary/aromatic N) is 2. The third kappa shape index (κ3) is 5.17. The first-order valence-corrected chi connectivity index (χ1v) is 9.94. The zero-order chi connectivity index (χ0) is 21.7. The summed E-state index contributed by atoms with van der Waals surface area (Å²) in [6.45, 7) is 0.324. The molecule has 1 N–H and O–H groups in total. The van der Waals surface area contributed by atoms with Gasteiger partial charge >= 0.3 is 5.97 Å². The van der Waals surface area contributed by atoms with Crippen molar-refractivity contribution in [2.75, 3.05) is 32.6 Å². The predicted octanol–water partition coefficient (Wildman–Crippen LogP) is 2.34. The van der Waals surface area contributed by atoms with Gasteiger partial charge in [-0.3, -0.25) is 14.5 Å². The van der Waals surface area contributed by atoms with Gasteiger partial charge in [-0.05, 0) is 30.3 Å². The number of rotatable bonds is 6. The van der Waals surface area contributed by atoms with E-state index in [0.717, 1.165) is 11.1 Å². The second-order valence-corrected chi connectivity index (χ2v) is 7.64. The molecule has 1 aliphatic rings. The fourth-order valence-electron chi connectivity index (χ4n) is 3.51. The minimum atomic E-state index is -0.678. The number of methoxy groups -OCH3 is 1. The summed E-state index contributed by atoms with van der Waals surface area (Å²) in [5.41, 5.74) is 2.55. The van der Waals surface area contributed by atoms with Crippen molar-refractivity contribution in [3.8, 4) is 0 Å². The van der Waals surface area contributed by atoms with E-state index in [1.807, 2.05) is 24.3 Å². The summed E-state index contributed by atoms with van der Waals surface area (Å²) >= 11 is 6.06. The predicted molar refractivity (Wildman–Crippen MR) is 114 cm³/mol. The number of fused-ring (bicyclic) bond motifs is 1. The van der Waals surface area contributed by atoms with E-state index in [9.17, 15) is 14.4 Å². The lowest BCUT2D eigenvalue weighted by Crippen LogP contribution is -2.52. The van der Waals surface area contributed by atoms with Crippen LogP contribution in [0.25, 0.3) is 0 Å². The van der Waals surface area contributed by atoms with E-state index in [1.54, 1.807) is 36.2 Å². The van der Waals surface area contributed by atoms with E-state index in [-0.39, 0.29) is 24.9 Å². The van der Waals surface area contributed by atoms with Gasteiger partial charge in [-0.25, -0.2) is 4.79 Å². The molecule has 0 spiro atoms. The van der Waals surface area contributed by atoms with Gasteiger partial charge in [0.1, 0.15) is 6.04 Å². The molecule has 2 aromatic rings. The van der Waals surface area contributed by atoms with E-state index in [1.165, 1.54) is 12.0 Å². The molecule has 2 aromatic carbocycles. The second-order valence-electron chi connectivity index (χ2n) is 7.23. The summed E-state index contributed by atoms with van der Waals surface area (Å²) in [4.78, 5) is 40.7. The van der Waals surface area contributed by atoms with E-state index in [2.05, 4.69) is 5.32 Å². The number of nitrogens with one attached hydrogen (secondary N) is 1. The van der Waals surface area contributed by atoms with Crippen LogP contribution in [0, 0.1) is 0 Å². The highest BCUT2D eigenvalue weighted by Gasteiger charge is 2.35. The van der Waals surface area contributed by atoms with Gasteiger partial charge in [-0.1, -0.05) is 48.0 Å². The summed E-state index contributed by atoms with van der Waals surface area (Å²) in [5.74, 6) is -0.975. The van der Waals surface area contributed by atoms with Crippen molar-refractivity contribution in [2.24, 2.45) is 0 Å². The number of ether oxygens (including phenoxy) is 1. The molecule has 3 rings (SSSR count). The first kappa shape index (κ1) is 21.8. The number of hydrogen-bond acceptors (Lipinski definition) is 5. The molecule has 0 saturated carbocycles. The Hall–Kier alpha value is -2.90. The maximum Gasteiger partial charge on any atom is 0.328 e. The van der Waals surface area contributed by atoms with Gasteiger partial charge in [0.25, 0.3) is 0 Å². The van der Waals surface area contributed by atoms with E-state index in [4.69, 9.17) is 16.3 Å². The molecule has 0 radical (unpaired) electrons. The average Bonchev–Trinajstić information content (AvgIpc) is 2.73. The van der Waals surface area contributed by atoms with Gasteiger partial charge < -0.3 is 15.0 Å². The van der Waals surface area contributed by atoms with Gasteiger partial charge in [-0.2, -0.15) is 0 Å². The molecule has 8 heteroatoms. The van der Waals surface area contributed by atoms with Crippen LogP contribution in [0.3, 0.4) is 0 Å². The SMILES string of the molecule is COC(=O)C1Cc2ccccc2CN1C(=O)CN(C)CC(=O)Nc1ccccc1Cl. The van der Waals surface area contributed by atoms with Crippen LogP contribution in [0.4, 0.5) is 5.69 Å². The van der Waals surface area contributed by atoms with Gasteiger partial charge in [0.05, 0.1) is 30.9 Å². The van der Waals surface area contributed by atoms with Crippen molar-refractivity contribution in [2.45, 2.75) is 19.0 Å². The van der Waals surface area contributed by atoms with Gasteiger partial charge in [-0.15, -0.1) is 0 Å². The lowest BCUT2D eigenvalue weighted by molar-refractivity contribution is -0.154. The number of hydrogen-bond donors (Lipinski definition) is 1. The molecule has 0 aromatic heterocycles. The van der Waals surface area contributed by atoms with Gasteiger partial charge in [0.2, 0.25) is 11.8 Å². The smallest absolute Gasteiger partial charge is 0.328 e. The fraction of sp³-hybridized carbons (Fsp3) is 0.318. The maximum absolute atomic E-state index is 13.0. The zero-order valence-corrected chi connectivity index (χ0v) is 17.7. The van der Waals surface area contributed by atoms with Gasteiger partial charge in [0, 0.05) is 13.0 Å². The average molecular weight is 430 g/mol. The third-order valence-electron chi connectivity index (χ3n) is 5.01. The molecule has 158 valence electrons. The molecule has 0 saturated heterocycles. The van der Waals surface area contributed by atoms with Crippen molar-refractivity contribution in [3.05, 3.63) is 64.7 Å². The maximum atomic E-state index is 13.0. The van der Waals surface area contributed by atoms with Crippen molar-refractivity contribution >= 4 is 35.1 Å². The molecule has 1 heterocycles. The molecule has 30 heavy (non-hydrogen) atoms. The minimum absolute atomic E-state index is 0.00425. The first-order valence-electron chi connectivity index (χ1n) is 9.56. The number of anilines is 1. The number of halogens is 1. The van der Waals surface area contributed by atoms with Crippen LogP contribution in [0.1, 0.15) is 11.1 Å². The summed E-state index contributed by atoms with van der Waals surface area (Å²) in [5, 5.41) is 3.17. The van der Waals surface area contributed by atoms with Crippen molar-refractivity contribution in [1.29, 1.82) is 0 Å². The normalized spacial score (nSPS) is 15.5. The Bertz CT molecular complexity index is 949. The topological polar surface area (TPSA) is 79.0 Å². The van der Waals surface area contributed by atoms with E-state index < -0.39 is 12.0 Å². The lowest BCUT2D eigenvalue weighted by atomic mass is 9.94. The van der Waals surface area contributed by atoms with Crippen molar-refractivity contribution in [1.82, 2.24) is 9.80 Å². The molecule has 1 atom stereocenters. The molecule has 1 unspecified atom stereocenters. The highest BCUT2D eigenvalue weighted by Crippen LogP contribution is 2.24. The lowest BCUT2D eigenvalue weighted by Gasteiger charge is -2.36. The number of carbonyl (C=O) groups excluding carboxylic acids is 3. The summed E-state index contributed by atoms with van der Waals surface area (Å²) in [6, 6.07) is 14.0. The van der Waals surface area contributed by atoms with Crippen LogP contribution in [-0.4, -0.2) is 60.9 Å². The summed E-state index contributed by atoms with van der Waals surface area (Å²) in [6.07, 6.45) is 0.408. The van der Waals surface area contributed by atoms with Crippen molar-refractivity contribution in [3.63, 3.8) is 0 Å². The Balaban J connectivity index is 1.63. The Morgan fingerprint density at radius 2 is 1.77 bits per heavy atom. The number of likely N-dealkylation sites (N-methyl/N-ethyl adjacent to an activating group) is 1. The van der Waals surface area contributed by atoms with Gasteiger partial charge in [0.15, 0.2) is 0 Å². The largest absolute Gasteiger partial charge is 0.467 e. The van der Waals surface area contributed by atoms with Crippen LogP contribution >= 0.6 is 11.6 Å². The van der Waals surface area contributed by atoms with Crippen LogP contribution in [0.5, 0.6) is 0 Å². The zero-order valence-electron chi connectivity index (χ0n) is 16.9. The molecular formula is C22H24ClN3O4. The molecule has 2 amide bonds. The Morgan fingerprint density at radius 1 is 1.10 bits per heavy atom.